The number of hydrogen-bond donors (Lipinski definition) is 2. The molecule has 0 aliphatic heterocycles. The lowest BCUT2D eigenvalue weighted by atomic mass is 10.3. The van der Waals surface area contributed by atoms with Crippen LogP contribution in [0, 0.1) is 0 Å². The molecule has 0 saturated carbocycles. The smallest absolute Gasteiger partial charge is 0.0897 e. The van der Waals surface area contributed by atoms with Gasteiger partial charge in [-0.05, 0) is 20.8 Å². The van der Waals surface area contributed by atoms with E-state index in [1.54, 1.807) is 7.11 Å². The Balaban J connectivity index is 3.38. The van der Waals surface area contributed by atoms with Crippen LogP contribution in [0.1, 0.15) is 20.8 Å². The fourth-order valence-electron chi connectivity index (χ4n) is 1.01. The Morgan fingerprint density at radius 1 is 1.21 bits per heavy atom. The lowest BCUT2D eigenvalue weighted by molar-refractivity contribution is 0.00467. The van der Waals surface area contributed by atoms with Crippen LogP contribution >= 0.6 is 0 Å². The summed E-state index contributed by atoms with van der Waals surface area (Å²) in [5, 5.41) is 12.6. The van der Waals surface area contributed by atoms with E-state index in [0.29, 0.717) is 19.8 Å². The molecule has 4 heteroatoms. The second kappa shape index (κ2) is 8.17. The first-order valence-electron chi connectivity index (χ1n) is 5.08. The average molecular weight is 205 g/mol. The molecule has 0 radical (unpaired) electrons. The van der Waals surface area contributed by atoms with Gasteiger partial charge >= 0.3 is 0 Å². The second-order valence-corrected chi connectivity index (χ2v) is 3.80. The van der Waals surface area contributed by atoms with Crippen molar-refractivity contribution in [1.82, 2.24) is 5.32 Å². The molecule has 14 heavy (non-hydrogen) atoms. The third-order valence-electron chi connectivity index (χ3n) is 1.74. The molecule has 0 amide bonds. The monoisotopic (exact) mass is 205 g/mol. The highest BCUT2D eigenvalue weighted by molar-refractivity contribution is 4.64. The Kier molecular flexibility index (Phi) is 8.08. The first-order chi connectivity index (χ1) is 6.56. The van der Waals surface area contributed by atoms with Crippen LogP contribution in [0.25, 0.3) is 0 Å². The van der Waals surface area contributed by atoms with Crippen molar-refractivity contribution in [2.45, 2.75) is 39.0 Å². The maximum absolute atomic E-state index is 9.49. The molecule has 2 atom stereocenters. The Morgan fingerprint density at radius 2 is 1.86 bits per heavy atom. The van der Waals surface area contributed by atoms with Crippen LogP contribution in [0.3, 0.4) is 0 Å². The number of ether oxygens (including phenoxy) is 2. The summed E-state index contributed by atoms with van der Waals surface area (Å²) in [4.78, 5) is 0. The van der Waals surface area contributed by atoms with Gasteiger partial charge in [0.2, 0.25) is 0 Å². The molecule has 0 heterocycles. The molecule has 2 N–H and O–H groups in total. The first kappa shape index (κ1) is 13.8. The number of hydrogen-bond acceptors (Lipinski definition) is 4. The number of methoxy groups -OCH3 is 1. The third-order valence-corrected chi connectivity index (χ3v) is 1.74. The molecular weight excluding hydrogens is 182 g/mol. The highest BCUT2D eigenvalue weighted by Gasteiger charge is 2.07. The molecule has 0 aliphatic rings. The molecule has 0 spiro atoms. The van der Waals surface area contributed by atoms with Crippen LogP contribution in [0.5, 0.6) is 0 Å². The second-order valence-electron chi connectivity index (χ2n) is 3.80. The number of aliphatic hydroxyl groups is 1. The zero-order valence-electron chi connectivity index (χ0n) is 9.62. The SMILES string of the molecule is COCC(C)NCC(O)COC(C)C. The van der Waals surface area contributed by atoms with Gasteiger partial charge in [0, 0.05) is 19.7 Å². The summed E-state index contributed by atoms with van der Waals surface area (Å²) < 4.78 is 10.2. The summed E-state index contributed by atoms with van der Waals surface area (Å²) >= 11 is 0. The summed E-state index contributed by atoms with van der Waals surface area (Å²) in [6.07, 6.45) is -0.280. The maximum Gasteiger partial charge on any atom is 0.0897 e. The van der Waals surface area contributed by atoms with E-state index in [-0.39, 0.29) is 12.1 Å². The van der Waals surface area contributed by atoms with Crippen molar-refractivity contribution in [2.24, 2.45) is 0 Å². The van der Waals surface area contributed by atoms with Crippen LogP contribution in [0.4, 0.5) is 0 Å². The van der Waals surface area contributed by atoms with Crippen molar-refractivity contribution in [1.29, 1.82) is 0 Å². The molecule has 0 bridgehead atoms. The highest BCUT2D eigenvalue weighted by atomic mass is 16.5. The van der Waals surface area contributed by atoms with Gasteiger partial charge < -0.3 is 19.9 Å². The molecule has 2 unspecified atom stereocenters. The largest absolute Gasteiger partial charge is 0.389 e. The Morgan fingerprint density at radius 3 is 2.36 bits per heavy atom. The van der Waals surface area contributed by atoms with E-state index >= 15 is 0 Å². The van der Waals surface area contributed by atoms with Gasteiger partial charge in [-0.25, -0.2) is 0 Å². The van der Waals surface area contributed by atoms with E-state index in [4.69, 9.17) is 9.47 Å². The van der Waals surface area contributed by atoms with Gasteiger partial charge in [0.15, 0.2) is 0 Å². The summed E-state index contributed by atoms with van der Waals surface area (Å²) in [5.41, 5.74) is 0. The minimum absolute atomic E-state index is 0.168. The topological polar surface area (TPSA) is 50.7 Å². The molecule has 0 aliphatic carbocycles. The Labute approximate surface area is 86.6 Å². The van der Waals surface area contributed by atoms with Crippen molar-refractivity contribution < 1.29 is 14.6 Å². The lowest BCUT2D eigenvalue weighted by Gasteiger charge is -2.17. The Hall–Kier alpha value is -0.160. The van der Waals surface area contributed by atoms with E-state index < -0.39 is 6.10 Å². The molecule has 0 saturated heterocycles. The van der Waals surface area contributed by atoms with E-state index in [1.807, 2.05) is 20.8 Å². The summed E-state index contributed by atoms with van der Waals surface area (Å²) in [5.74, 6) is 0. The van der Waals surface area contributed by atoms with Crippen LogP contribution in [-0.2, 0) is 9.47 Å². The summed E-state index contributed by atoms with van der Waals surface area (Å²) in [6, 6.07) is 0.258. The molecule has 0 aromatic rings. The summed E-state index contributed by atoms with van der Waals surface area (Å²) in [6.45, 7) is 7.49. The zero-order chi connectivity index (χ0) is 11.0. The van der Waals surface area contributed by atoms with Crippen LogP contribution < -0.4 is 5.32 Å². The van der Waals surface area contributed by atoms with E-state index in [1.165, 1.54) is 0 Å². The number of rotatable bonds is 8. The quantitative estimate of drug-likeness (QED) is 0.602. The molecular formula is C10H23NO3. The van der Waals surface area contributed by atoms with E-state index in [9.17, 15) is 5.11 Å². The molecule has 0 aromatic heterocycles. The lowest BCUT2D eigenvalue weighted by Crippen LogP contribution is -2.38. The van der Waals surface area contributed by atoms with Crippen LogP contribution in [0.15, 0.2) is 0 Å². The van der Waals surface area contributed by atoms with Crippen molar-refractivity contribution in [3.63, 3.8) is 0 Å². The predicted octanol–water partition coefficient (Wildman–Crippen LogP) is 0.397. The summed E-state index contributed by atoms with van der Waals surface area (Å²) in [7, 11) is 1.66. The van der Waals surface area contributed by atoms with Gasteiger partial charge in [-0.1, -0.05) is 0 Å². The predicted molar refractivity (Wildman–Crippen MR) is 56.4 cm³/mol. The molecule has 86 valence electrons. The first-order valence-corrected chi connectivity index (χ1v) is 5.08. The van der Waals surface area contributed by atoms with Gasteiger partial charge in [0.25, 0.3) is 0 Å². The van der Waals surface area contributed by atoms with Crippen molar-refractivity contribution in [3.05, 3.63) is 0 Å². The fraction of sp³-hybridized carbons (Fsp3) is 1.00. The fourth-order valence-corrected chi connectivity index (χ4v) is 1.01. The normalized spacial score (nSPS) is 15.9. The van der Waals surface area contributed by atoms with Gasteiger partial charge in [-0.15, -0.1) is 0 Å². The van der Waals surface area contributed by atoms with E-state index in [0.717, 1.165) is 0 Å². The molecule has 0 aromatic carbocycles. The molecule has 0 rings (SSSR count). The van der Waals surface area contributed by atoms with Crippen molar-refractivity contribution >= 4 is 0 Å². The molecule has 0 fully saturated rings. The standard InChI is InChI=1S/C10H23NO3/c1-8(2)14-7-10(12)5-11-9(3)6-13-4/h8-12H,5-7H2,1-4H3. The van der Waals surface area contributed by atoms with Crippen molar-refractivity contribution in [3.8, 4) is 0 Å². The van der Waals surface area contributed by atoms with Gasteiger partial charge in [0.05, 0.1) is 25.4 Å². The van der Waals surface area contributed by atoms with Crippen LogP contribution in [0.2, 0.25) is 0 Å². The minimum Gasteiger partial charge on any atom is -0.389 e. The van der Waals surface area contributed by atoms with E-state index in [2.05, 4.69) is 5.32 Å². The Bertz CT molecular complexity index is 131. The van der Waals surface area contributed by atoms with Crippen molar-refractivity contribution in [2.75, 3.05) is 26.9 Å². The number of aliphatic hydroxyl groups excluding tert-OH is 1. The van der Waals surface area contributed by atoms with Gasteiger partial charge in [-0.2, -0.15) is 0 Å². The van der Waals surface area contributed by atoms with Gasteiger partial charge in [-0.3, -0.25) is 0 Å². The highest BCUT2D eigenvalue weighted by Crippen LogP contribution is 1.91. The zero-order valence-corrected chi connectivity index (χ0v) is 9.62. The maximum atomic E-state index is 9.49. The third kappa shape index (κ3) is 8.44. The minimum atomic E-state index is -0.447. The number of nitrogens with one attached hydrogen (secondary N) is 1. The van der Waals surface area contributed by atoms with Crippen LogP contribution in [-0.4, -0.2) is 50.2 Å². The molecule has 4 nitrogen and oxygen atoms in total. The average Bonchev–Trinajstić information content (AvgIpc) is 2.12. The van der Waals surface area contributed by atoms with Gasteiger partial charge in [0.1, 0.15) is 0 Å².